The molecule has 0 unspecified atom stereocenters. The van der Waals surface area contributed by atoms with Crippen LogP contribution in [-0.4, -0.2) is 14.5 Å². The highest BCUT2D eigenvalue weighted by Crippen LogP contribution is 2.49. The monoisotopic (exact) mass is 639 g/mol. The minimum absolute atomic E-state index is 0.303. The van der Waals surface area contributed by atoms with Crippen molar-refractivity contribution in [3.8, 4) is 50.6 Å². The van der Waals surface area contributed by atoms with Crippen molar-refractivity contribution >= 4 is 32.6 Å². The zero-order chi connectivity index (χ0) is 33.4. The third kappa shape index (κ3) is 4.30. The van der Waals surface area contributed by atoms with Gasteiger partial charge in [0.2, 0.25) is 0 Å². The summed E-state index contributed by atoms with van der Waals surface area (Å²) in [6, 6.07) is 58.8. The molecular formula is C47H33N3. The molecule has 3 nitrogen and oxygen atoms in total. The Labute approximate surface area is 291 Å². The van der Waals surface area contributed by atoms with Crippen LogP contribution in [0.15, 0.2) is 164 Å². The first-order valence-electron chi connectivity index (χ1n) is 17.3. The summed E-state index contributed by atoms with van der Waals surface area (Å²) in [5.74, 6) is 0.835. The van der Waals surface area contributed by atoms with Crippen molar-refractivity contribution in [2.45, 2.75) is 19.3 Å². The summed E-state index contributed by atoms with van der Waals surface area (Å²) in [5, 5.41) is 4.83. The second-order valence-corrected chi connectivity index (χ2v) is 13.9. The number of rotatable bonds is 4. The Bertz CT molecular complexity index is 2720. The highest BCUT2D eigenvalue weighted by molar-refractivity contribution is 6.14. The van der Waals surface area contributed by atoms with Crippen LogP contribution in [0.5, 0.6) is 0 Å². The molecule has 1 aliphatic carbocycles. The Kier molecular flexibility index (Phi) is 6.22. The highest BCUT2D eigenvalue weighted by Gasteiger charge is 2.39. The van der Waals surface area contributed by atoms with Gasteiger partial charge in [-0.1, -0.05) is 141 Å². The first-order chi connectivity index (χ1) is 24.5. The summed E-state index contributed by atoms with van der Waals surface area (Å²) in [6.07, 6.45) is 0. The lowest BCUT2D eigenvalue weighted by molar-refractivity contribution is 0.635. The number of hydrogen-bond acceptors (Lipinski definition) is 2. The Morgan fingerprint density at radius 2 is 1.02 bits per heavy atom. The van der Waals surface area contributed by atoms with Crippen molar-refractivity contribution in [2.75, 3.05) is 0 Å². The van der Waals surface area contributed by atoms with Crippen molar-refractivity contribution in [2.24, 2.45) is 0 Å². The maximum absolute atomic E-state index is 5.71. The molecule has 3 heteroatoms. The maximum Gasteiger partial charge on any atom is 0.165 e. The molecule has 2 aromatic heterocycles. The predicted molar refractivity (Wildman–Crippen MR) is 208 cm³/mol. The summed E-state index contributed by atoms with van der Waals surface area (Å²) < 4.78 is 2.35. The zero-order valence-corrected chi connectivity index (χ0v) is 27.9. The molecule has 50 heavy (non-hydrogen) atoms. The number of fused-ring (bicyclic) bond motifs is 7. The maximum atomic E-state index is 5.71. The lowest BCUT2D eigenvalue weighted by Gasteiger charge is -2.22. The molecule has 0 aliphatic heterocycles. The van der Waals surface area contributed by atoms with Gasteiger partial charge in [0.15, 0.2) is 5.82 Å². The van der Waals surface area contributed by atoms with Crippen LogP contribution in [0.1, 0.15) is 25.1 Å². The average molecular weight is 640 g/mol. The van der Waals surface area contributed by atoms with E-state index in [1.807, 2.05) is 0 Å². The molecule has 1 aliphatic rings. The van der Waals surface area contributed by atoms with Crippen LogP contribution in [0.3, 0.4) is 0 Å². The molecule has 0 saturated heterocycles. The van der Waals surface area contributed by atoms with Crippen LogP contribution in [0.4, 0.5) is 0 Å². The van der Waals surface area contributed by atoms with Gasteiger partial charge in [-0.05, 0) is 75.0 Å². The first-order valence-corrected chi connectivity index (χ1v) is 17.3. The van der Waals surface area contributed by atoms with Crippen molar-refractivity contribution in [3.63, 3.8) is 0 Å². The van der Waals surface area contributed by atoms with Crippen molar-refractivity contribution < 1.29 is 0 Å². The van der Waals surface area contributed by atoms with E-state index in [0.29, 0.717) is 0 Å². The fourth-order valence-corrected chi connectivity index (χ4v) is 8.00. The van der Waals surface area contributed by atoms with Gasteiger partial charge in [0.05, 0.1) is 22.4 Å². The minimum atomic E-state index is -0.303. The molecule has 0 radical (unpaired) electrons. The molecule has 10 rings (SSSR count). The second kappa shape index (κ2) is 10.8. The number of nitrogens with zero attached hydrogens (tertiary/aromatic N) is 3. The Balaban J connectivity index is 1.35. The molecule has 0 fully saturated rings. The molecule has 0 saturated carbocycles. The third-order valence-electron chi connectivity index (χ3n) is 10.5. The van der Waals surface area contributed by atoms with E-state index in [1.54, 1.807) is 0 Å². The van der Waals surface area contributed by atoms with Gasteiger partial charge in [-0.25, -0.2) is 9.97 Å². The second-order valence-electron chi connectivity index (χ2n) is 13.9. The molecule has 2 heterocycles. The van der Waals surface area contributed by atoms with Gasteiger partial charge in [-0.3, -0.25) is 4.57 Å². The van der Waals surface area contributed by atoms with Crippen molar-refractivity contribution in [3.05, 3.63) is 175 Å². The van der Waals surface area contributed by atoms with Crippen LogP contribution >= 0.6 is 0 Å². The zero-order valence-electron chi connectivity index (χ0n) is 27.9. The van der Waals surface area contributed by atoms with Gasteiger partial charge in [0, 0.05) is 27.3 Å². The van der Waals surface area contributed by atoms with Crippen molar-refractivity contribution in [1.82, 2.24) is 14.5 Å². The summed E-state index contributed by atoms with van der Waals surface area (Å²) in [4.78, 5) is 11.4. The van der Waals surface area contributed by atoms with Crippen LogP contribution in [0.25, 0.3) is 83.2 Å². The van der Waals surface area contributed by atoms with E-state index in [0.717, 1.165) is 56.2 Å². The van der Waals surface area contributed by atoms with E-state index >= 15 is 0 Å². The summed E-state index contributed by atoms with van der Waals surface area (Å²) >= 11 is 0. The van der Waals surface area contributed by atoms with Gasteiger partial charge in [-0.2, -0.15) is 0 Å². The SMILES string of the molecule is CC1(C)c2ccccc2-c2nc(-n3c4ccccc4c4cc5ccccc5cc43)c(-c3cc(-c4ccccc4)cc(-c4ccccc4)c3)nc21. The summed E-state index contributed by atoms with van der Waals surface area (Å²) in [6.45, 7) is 4.55. The molecule has 0 spiro atoms. The standard InChI is InChI=1S/C47H33N3/c1-47(2)40-23-13-11-22-38(40)44-45(47)48-43(36-26-34(30-15-5-3-6-16-30)25-35(27-36)31-17-7-4-8-18-31)46(49-44)50-41-24-14-12-21-37(41)39-28-32-19-9-10-20-33(32)29-42(39)50/h3-29H,1-2H3. The molecule has 7 aromatic carbocycles. The lowest BCUT2D eigenvalue weighted by Crippen LogP contribution is -2.18. The van der Waals surface area contributed by atoms with E-state index in [1.165, 1.54) is 38.2 Å². The van der Waals surface area contributed by atoms with Gasteiger partial charge < -0.3 is 0 Å². The average Bonchev–Trinajstić information content (AvgIpc) is 3.61. The van der Waals surface area contributed by atoms with Crippen LogP contribution in [0.2, 0.25) is 0 Å². The van der Waals surface area contributed by atoms with Gasteiger partial charge in [-0.15, -0.1) is 0 Å². The van der Waals surface area contributed by atoms with E-state index in [2.05, 4.69) is 182 Å². The van der Waals surface area contributed by atoms with Gasteiger partial charge in [0.1, 0.15) is 5.69 Å². The number of hydrogen-bond donors (Lipinski definition) is 0. The first kappa shape index (κ1) is 28.7. The molecule has 0 N–H and O–H groups in total. The highest BCUT2D eigenvalue weighted by atomic mass is 15.1. The molecule has 0 atom stereocenters. The van der Waals surface area contributed by atoms with Crippen LogP contribution < -0.4 is 0 Å². The third-order valence-corrected chi connectivity index (χ3v) is 10.5. The fraction of sp³-hybridized carbons (Fsp3) is 0.0638. The number of aromatic nitrogens is 3. The summed E-state index contributed by atoms with van der Waals surface area (Å²) in [5.41, 5.74) is 12.8. The topological polar surface area (TPSA) is 30.7 Å². The lowest BCUT2D eigenvalue weighted by atomic mass is 9.85. The van der Waals surface area contributed by atoms with E-state index in [9.17, 15) is 0 Å². The predicted octanol–water partition coefficient (Wildman–Crippen LogP) is 12.0. The van der Waals surface area contributed by atoms with Crippen LogP contribution in [0, 0.1) is 0 Å². The minimum Gasteiger partial charge on any atom is -0.292 e. The van der Waals surface area contributed by atoms with E-state index < -0.39 is 0 Å². The van der Waals surface area contributed by atoms with Gasteiger partial charge in [0.25, 0.3) is 0 Å². The molecular weight excluding hydrogens is 607 g/mol. The van der Waals surface area contributed by atoms with E-state index in [-0.39, 0.29) is 5.41 Å². The molecule has 236 valence electrons. The molecule has 0 bridgehead atoms. The number of para-hydroxylation sites is 1. The molecule has 9 aromatic rings. The van der Waals surface area contributed by atoms with Crippen molar-refractivity contribution in [1.29, 1.82) is 0 Å². The van der Waals surface area contributed by atoms with Crippen LogP contribution in [-0.2, 0) is 5.41 Å². The Hall–Kier alpha value is -6.32. The fourth-order valence-electron chi connectivity index (χ4n) is 8.00. The Morgan fingerprint density at radius 3 is 1.74 bits per heavy atom. The quantitative estimate of drug-likeness (QED) is 0.192. The van der Waals surface area contributed by atoms with E-state index in [4.69, 9.17) is 9.97 Å². The van der Waals surface area contributed by atoms with Gasteiger partial charge >= 0.3 is 0 Å². The number of benzene rings is 7. The Morgan fingerprint density at radius 1 is 0.440 bits per heavy atom. The normalized spacial score (nSPS) is 13.2. The molecule has 0 amide bonds. The largest absolute Gasteiger partial charge is 0.292 e. The summed E-state index contributed by atoms with van der Waals surface area (Å²) in [7, 11) is 0. The smallest absolute Gasteiger partial charge is 0.165 e.